The second-order valence-electron chi connectivity index (χ2n) is 5.03. The summed E-state index contributed by atoms with van der Waals surface area (Å²) < 4.78 is 1.54. The zero-order chi connectivity index (χ0) is 13.3. The van der Waals surface area contributed by atoms with Gasteiger partial charge in [-0.25, -0.2) is 4.98 Å². The van der Waals surface area contributed by atoms with Crippen molar-refractivity contribution in [2.45, 2.75) is 19.4 Å². The minimum Gasteiger partial charge on any atom is -0.346 e. The second kappa shape index (κ2) is 5.77. The van der Waals surface area contributed by atoms with Crippen LogP contribution in [0.3, 0.4) is 0 Å². The number of aryl methyl sites for hydroxylation is 1. The summed E-state index contributed by atoms with van der Waals surface area (Å²) in [7, 11) is 4.35. The molecule has 1 aliphatic heterocycles. The molecule has 18 heavy (non-hydrogen) atoms. The van der Waals surface area contributed by atoms with E-state index in [9.17, 15) is 0 Å². The molecule has 4 nitrogen and oxygen atoms in total. The SMILES string of the molecule is Cc1[nH]c(CC2CN(C)CCN2C)nc(=S)c1Br. The summed E-state index contributed by atoms with van der Waals surface area (Å²) in [6, 6.07) is 0.502. The molecule has 1 fully saturated rings. The van der Waals surface area contributed by atoms with Gasteiger partial charge in [0.25, 0.3) is 0 Å². The lowest BCUT2D eigenvalue weighted by Gasteiger charge is -2.37. The molecule has 1 aromatic rings. The van der Waals surface area contributed by atoms with E-state index in [-0.39, 0.29) is 0 Å². The molecular weight excluding hydrogens is 312 g/mol. The molecule has 1 unspecified atom stereocenters. The van der Waals surface area contributed by atoms with Crippen LogP contribution in [0, 0.1) is 11.6 Å². The van der Waals surface area contributed by atoms with Crippen molar-refractivity contribution in [3.8, 4) is 0 Å². The summed E-state index contributed by atoms with van der Waals surface area (Å²) in [5.41, 5.74) is 1.05. The molecular formula is C12H19BrN4S. The quantitative estimate of drug-likeness (QED) is 0.841. The van der Waals surface area contributed by atoms with Crippen molar-refractivity contribution in [1.82, 2.24) is 19.8 Å². The van der Waals surface area contributed by atoms with Crippen molar-refractivity contribution in [3.05, 3.63) is 20.6 Å². The van der Waals surface area contributed by atoms with Gasteiger partial charge < -0.3 is 14.8 Å². The third-order valence-corrected chi connectivity index (χ3v) is 5.02. The van der Waals surface area contributed by atoms with Gasteiger partial charge in [-0.1, -0.05) is 12.2 Å². The maximum Gasteiger partial charge on any atom is 0.144 e. The van der Waals surface area contributed by atoms with Crippen LogP contribution in [-0.4, -0.2) is 59.5 Å². The molecule has 0 amide bonds. The predicted octanol–water partition coefficient (Wildman–Crippen LogP) is 2.00. The summed E-state index contributed by atoms with van der Waals surface area (Å²) in [5.74, 6) is 0.979. The Balaban J connectivity index is 2.16. The highest BCUT2D eigenvalue weighted by Gasteiger charge is 2.23. The number of piperazine rings is 1. The molecule has 1 aromatic heterocycles. The van der Waals surface area contributed by atoms with E-state index in [1.54, 1.807) is 0 Å². The molecule has 1 saturated heterocycles. The summed E-state index contributed by atoms with van der Waals surface area (Å²) >= 11 is 8.69. The van der Waals surface area contributed by atoms with Crippen molar-refractivity contribution in [2.24, 2.45) is 0 Å². The molecule has 1 atom stereocenters. The van der Waals surface area contributed by atoms with Gasteiger partial charge in [-0.2, -0.15) is 0 Å². The Morgan fingerprint density at radius 3 is 2.83 bits per heavy atom. The van der Waals surface area contributed by atoms with Gasteiger partial charge in [0.2, 0.25) is 0 Å². The van der Waals surface area contributed by atoms with E-state index in [0.29, 0.717) is 10.7 Å². The van der Waals surface area contributed by atoms with E-state index in [2.05, 4.69) is 49.8 Å². The Hall–Kier alpha value is -0.300. The summed E-state index contributed by atoms with van der Waals surface area (Å²) in [4.78, 5) is 12.5. The first-order chi connectivity index (χ1) is 8.47. The molecule has 1 aliphatic rings. The predicted molar refractivity (Wildman–Crippen MR) is 79.5 cm³/mol. The van der Waals surface area contributed by atoms with Crippen LogP contribution in [0.4, 0.5) is 0 Å². The summed E-state index contributed by atoms with van der Waals surface area (Å²) in [5, 5.41) is 0. The number of halogens is 1. The summed E-state index contributed by atoms with van der Waals surface area (Å²) in [6.45, 7) is 5.34. The van der Waals surface area contributed by atoms with Gasteiger partial charge in [0.05, 0.1) is 4.47 Å². The molecule has 0 aliphatic carbocycles. The topological polar surface area (TPSA) is 35.2 Å². The zero-order valence-corrected chi connectivity index (χ0v) is 13.4. The first-order valence-electron chi connectivity index (χ1n) is 6.11. The Bertz CT molecular complexity index is 487. The maximum absolute atomic E-state index is 5.25. The summed E-state index contributed by atoms with van der Waals surface area (Å²) in [6.07, 6.45) is 0.915. The highest BCUT2D eigenvalue weighted by atomic mass is 79.9. The third kappa shape index (κ3) is 3.17. The fraction of sp³-hybridized carbons (Fsp3) is 0.667. The Labute approximate surface area is 122 Å². The van der Waals surface area contributed by atoms with Crippen LogP contribution in [0.1, 0.15) is 11.5 Å². The lowest BCUT2D eigenvalue weighted by molar-refractivity contribution is 0.113. The van der Waals surface area contributed by atoms with E-state index < -0.39 is 0 Å². The van der Waals surface area contributed by atoms with Gasteiger partial charge in [-0.3, -0.25) is 0 Å². The van der Waals surface area contributed by atoms with Gasteiger partial charge in [-0.15, -0.1) is 0 Å². The Morgan fingerprint density at radius 2 is 2.17 bits per heavy atom. The number of rotatable bonds is 2. The van der Waals surface area contributed by atoms with Crippen molar-refractivity contribution < 1.29 is 0 Å². The molecule has 1 N–H and O–H groups in total. The zero-order valence-electron chi connectivity index (χ0n) is 11.0. The molecule has 2 rings (SSSR count). The van der Waals surface area contributed by atoms with Crippen LogP contribution < -0.4 is 0 Å². The molecule has 0 aromatic carbocycles. The number of H-pyrrole nitrogens is 1. The van der Waals surface area contributed by atoms with Crippen LogP contribution in [0.5, 0.6) is 0 Å². The van der Waals surface area contributed by atoms with E-state index in [4.69, 9.17) is 12.2 Å². The van der Waals surface area contributed by atoms with Gasteiger partial charge in [0.15, 0.2) is 0 Å². The van der Waals surface area contributed by atoms with Crippen molar-refractivity contribution in [2.75, 3.05) is 33.7 Å². The third-order valence-electron chi connectivity index (χ3n) is 3.49. The van der Waals surface area contributed by atoms with Crippen molar-refractivity contribution in [1.29, 1.82) is 0 Å². The minimum atomic E-state index is 0.502. The van der Waals surface area contributed by atoms with Gasteiger partial charge in [0.1, 0.15) is 10.5 Å². The molecule has 6 heteroatoms. The molecule has 0 radical (unpaired) electrons. The van der Waals surface area contributed by atoms with Crippen molar-refractivity contribution >= 4 is 28.1 Å². The molecule has 2 heterocycles. The van der Waals surface area contributed by atoms with Crippen LogP contribution >= 0.6 is 28.1 Å². The van der Waals surface area contributed by atoms with Gasteiger partial charge in [-0.05, 0) is 36.9 Å². The largest absolute Gasteiger partial charge is 0.346 e. The second-order valence-corrected chi connectivity index (χ2v) is 6.21. The monoisotopic (exact) mass is 330 g/mol. The Kier molecular flexibility index (Phi) is 4.53. The Morgan fingerprint density at radius 1 is 1.44 bits per heavy atom. The van der Waals surface area contributed by atoms with Crippen molar-refractivity contribution in [3.63, 3.8) is 0 Å². The first-order valence-corrected chi connectivity index (χ1v) is 7.31. The molecule has 0 saturated carbocycles. The number of hydrogen-bond donors (Lipinski definition) is 1. The van der Waals surface area contributed by atoms with Crippen LogP contribution in [0.25, 0.3) is 0 Å². The maximum atomic E-state index is 5.25. The van der Waals surface area contributed by atoms with E-state index >= 15 is 0 Å². The lowest BCUT2D eigenvalue weighted by atomic mass is 10.1. The number of nitrogens with zero attached hydrogens (tertiary/aromatic N) is 3. The average Bonchev–Trinajstić information content (AvgIpc) is 2.31. The smallest absolute Gasteiger partial charge is 0.144 e. The van der Waals surface area contributed by atoms with Gasteiger partial charge >= 0.3 is 0 Å². The van der Waals surface area contributed by atoms with E-state index in [1.807, 2.05) is 6.92 Å². The van der Waals surface area contributed by atoms with Gasteiger partial charge in [0, 0.05) is 37.8 Å². The first kappa shape index (κ1) is 14.1. The fourth-order valence-corrected chi connectivity index (χ4v) is 2.72. The lowest BCUT2D eigenvalue weighted by Crippen LogP contribution is -2.51. The van der Waals surface area contributed by atoms with Crippen LogP contribution in [0.15, 0.2) is 4.47 Å². The number of likely N-dealkylation sites (N-methyl/N-ethyl adjacent to an activating group) is 2. The number of aromatic nitrogens is 2. The highest BCUT2D eigenvalue weighted by Crippen LogP contribution is 2.16. The number of nitrogens with one attached hydrogen (secondary N) is 1. The van der Waals surface area contributed by atoms with Crippen LogP contribution in [0.2, 0.25) is 0 Å². The fourth-order valence-electron chi connectivity index (χ4n) is 2.27. The highest BCUT2D eigenvalue weighted by molar-refractivity contribution is 9.10. The van der Waals surface area contributed by atoms with E-state index in [1.165, 1.54) is 0 Å². The van der Waals surface area contributed by atoms with Crippen LogP contribution in [-0.2, 0) is 6.42 Å². The minimum absolute atomic E-state index is 0.502. The van der Waals surface area contributed by atoms with E-state index in [0.717, 1.165) is 42.0 Å². The molecule has 0 spiro atoms. The molecule has 0 bridgehead atoms. The normalized spacial score (nSPS) is 22.3. The average molecular weight is 331 g/mol. The number of aromatic amines is 1. The standard InChI is InChI=1S/C12H19BrN4S/c1-8-11(13)12(18)15-10(14-8)6-9-7-16(2)4-5-17(9)3/h9H,4-7H2,1-3H3,(H,14,15,18). The number of hydrogen-bond acceptors (Lipinski definition) is 4. The molecule has 100 valence electrons.